The third-order valence-electron chi connectivity index (χ3n) is 3.90. The van der Waals surface area contributed by atoms with Crippen molar-refractivity contribution in [3.8, 4) is 11.5 Å². The predicted octanol–water partition coefficient (Wildman–Crippen LogP) is 2.18. The molecule has 0 bridgehead atoms. The largest absolute Gasteiger partial charge is 0.493 e. The van der Waals surface area contributed by atoms with Gasteiger partial charge in [-0.05, 0) is 24.1 Å². The van der Waals surface area contributed by atoms with Gasteiger partial charge < -0.3 is 24.8 Å². The second kappa shape index (κ2) is 10.0. The van der Waals surface area contributed by atoms with Gasteiger partial charge in [0.2, 0.25) is 0 Å². The van der Waals surface area contributed by atoms with Crippen molar-refractivity contribution >= 4 is 5.96 Å². The summed E-state index contributed by atoms with van der Waals surface area (Å²) in [5, 5.41) is 6.66. The van der Waals surface area contributed by atoms with E-state index in [-0.39, 0.29) is 5.41 Å². The first-order valence-electron chi connectivity index (χ1n) is 8.14. The summed E-state index contributed by atoms with van der Waals surface area (Å²) in [4.78, 5) is 4.25. The van der Waals surface area contributed by atoms with Gasteiger partial charge in [-0.1, -0.05) is 19.9 Å². The highest BCUT2D eigenvalue weighted by Crippen LogP contribution is 2.32. The van der Waals surface area contributed by atoms with Gasteiger partial charge in [0.1, 0.15) is 0 Å². The van der Waals surface area contributed by atoms with Crippen LogP contribution in [-0.2, 0) is 10.2 Å². The van der Waals surface area contributed by atoms with Crippen LogP contribution < -0.4 is 20.1 Å². The molecule has 0 amide bonds. The molecule has 0 aliphatic heterocycles. The number of aliphatic imine (C=N–C) groups is 1. The van der Waals surface area contributed by atoms with E-state index in [9.17, 15) is 0 Å². The Kier molecular flexibility index (Phi) is 8.40. The van der Waals surface area contributed by atoms with E-state index in [1.54, 1.807) is 28.4 Å². The Morgan fingerprint density at radius 3 is 2.38 bits per heavy atom. The summed E-state index contributed by atoms with van der Waals surface area (Å²) < 4.78 is 15.8. The lowest BCUT2D eigenvalue weighted by atomic mass is 9.84. The van der Waals surface area contributed by atoms with Crippen molar-refractivity contribution in [2.24, 2.45) is 4.99 Å². The molecule has 6 heteroatoms. The number of methoxy groups -OCH3 is 3. The number of hydrogen-bond donors (Lipinski definition) is 2. The number of nitrogens with one attached hydrogen (secondary N) is 2. The monoisotopic (exact) mass is 337 g/mol. The Hall–Kier alpha value is -1.95. The lowest BCUT2D eigenvalue weighted by Crippen LogP contribution is -2.43. The van der Waals surface area contributed by atoms with Crippen LogP contribution in [-0.4, -0.2) is 54.0 Å². The zero-order valence-electron chi connectivity index (χ0n) is 15.7. The van der Waals surface area contributed by atoms with E-state index in [1.807, 2.05) is 12.1 Å². The highest BCUT2D eigenvalue weighted by Gasteiger charge is 2.22. The van der Waals surface area contributed by atoms with Gasteiger partial charge in [0.15, 0.2) is 17.5 Å². The first-order valence-corrected chi connectivity index (χ1v) is 8.14. The second-order valence-corrected chi connectivity index (χ2v) is 6.15. The third-order valence-corrected chi connectivity index (χ3v) is 3.90. The molecule has 0 atom stereocenters. The number of nitrogens with zero attached hydrogens (tertiary/aromatic N) is 1. The molecule has 0 aromatic heterocycles. The molecular weight excluding hydrogens is 306 g/mol. The van der Waals surface area contributed by atoms with E-state index >= 15 is 0 Å². The van der Waals surface area contributed by atoms with Gasteiger partial charge in [-0.3, -0.25) is 4.99 Å². The summed E-state index contributed by atoms with van der Waals surface area (Å²) in [7, 11) is 6.77. The lowest BCUT2D eigenvalue weighted by Gasteiger charge is -2.27. The van der Waals surface area contributed by atoms with E-state index in [0.29, 0.717) is 0 Å². The van der Waals surface area contributed by atoms with Crippen LogP contribution in [0.15, 0.2) is 23.2 Å². The molecule has 0 spiro atoms. The Balaban J connectivity index is 2.68. The Morgan fingerprint density at radius 1 is 1.08 bits per heavy atom. The molecule has 1 aromatic rings. The highest BCUT2D eigenvalue weighted by atomic mass is 16.5. The summed E-state index contributed by atoms with van der Waals surface area (Å²) in [5.74, 6) is 2.27. The van der Waals surface area contributed by atoms with Crippen LogP contribution in [0.2, 0.25) is 0 Å². The molecule has 0 fully saturated rings. The van der Waals surface area contributed by atoms with Gasteiger partial charge in [0, 0.05) is 39.3 Å². The van der Waals surface area contributed by atoms with Crippen LogP contribution in [0, 0.1) is 0 Å². The Labute approximate surface area is 145 Å². The fourth-order valence-corrected chi connectivity index (χ4v) is 2.31. The number of hydrogen-bond acceptors (Lipinski definition) is 4. The van der Waals surface area contributed by atoms with Gasteiger partial charge >= 0.3 is 0 Å². The van der Waals surface area contributed by atoms with Crippen molar-refractivity contribution in [1.29, 1.82) is 0 Å². The fraction of sp³-hybridized carbons (Fsp3) is 0.611. The van der Waals surface area contributed by atoms with Gasteiger partial charge in [0.05, 0.1) is 14.2 Å². The maximum atomic E-state index is 5.40. The molecule has 0 saturated carbocycles. The van der Waals surface area contributed by atoms with Crippen molar-refractivity contribution in [1.82, 2.24) is 10.6 Å². The minimum Gasteiger partial charge on any atom is -0.493 e. The lowest BCUT2D eigenvalue weighted by molar-refractivity contribution is 0.195. The molecule has 24 heavy (non-hydrogen) atoms. The van der Waals surface area contributed by atoms with Crippen LogP contribution in [0.25, 0.3) is 0 Å². The molecule has 0 radical (unpaired) electrons. The zero-order valence-corrected chi connectivity index (χ0v) is 15.7. The SMILES string of the molecule is CN=C(NCCCOC)NCC(C)(C)c1ccc(OC)c(OC)c1. The van der Waals surface area contributed by atoms with E-state index in [1.165, 1.54) is 5.56 Å². The molecule has 2 N–H and O–H groups in total. The average Bonchev–Trinajstić information content (AvgIpc) is 2.60. The van der Waals surface area contributed by atoms with Gasteiger partial charge in [0.25, 0.3) is 0 Å². The standard InChI is InChI=1S/C18H31N3O3/c1-18(2,13-21-17(19-3)20-10-7-11-22-4)14-8-9-15(23-5)16(12-14)24-6/h8-9,12H,7,10-11,13H2,1-6H3,(H2,19,20,21). The summed E-state index contributed by atoms with van der Waals surface area (Å²) in [6.45, 7) is 6.66. The number of guanidine groups is 1. The number of ether oxygens (including phenoxy) is 3. The average molecular weight is 337 g/mol. The van der Waals surface area contributed by atoms with Crippen molar-refractivity contribution in [2.75, 3.05) is 48.1 Å². The molecule has 0 aliphatic rings. The molecule has 0 heterocycles. The third kappa shape index (κ3) is 5.92. The number of rotatable bonds is 9. The molecule has 0 aliphatic carbocycles. The van der Waals surface area contributed by atoms with Crippen LogP contribution in [0.4, 0.5) is 0 Å². The molecule has 0 saturated heterocycles. The summed E-state index contributed by atoms with van der Waals surface area (Å²) in [6.07, 6.45) is 0.941. The minimum atomic E-state index is -0.0936. The maximum absolute atomic E-state index is 5.40. The normalized spacial score (nSPS) is 12.0. The fourth-order valence-electron chi connectivity index (χ4n) is 2.31. The molecule has 0 unspecified atom stereocenters. The van der Waals surface area contributed by atoms with Gasteiger partial charge in [-0.2, -0.15) is 0 Å². The summed E-state index contributed by atoms with van der Waals surface area (Å²) >= 11 is 0. The van der Waals surface area contributed by atoms with Crippen LogP contribution in [0.3, 0.4) is 0 Å². The maximum Gasteiger partial charge on any atom is 0.191 e. The van der Waals surface area contributed by atoms with E-state index < -0.39 is 0 Å². The van der Waals surface area contributed by atoms with E-state index in [0.717, 1.165) is 43.6 Å². The summed E-state index contributed by atoms with van der Waals surface area (Å²) in [5.41, 5.74) is 1.08. The quantitative estimate of drug-likeness (QED) is 0.411. The van der Waals surface area contributed by atoms with Crippen molar-refractivity contribution in [3.05, 3.63) is 23.8 Å². The molecule has 6 nitrogen and oxygen atoms in total. The Bertz CT molecular complexity index is 530. The first-order chi connectivity index (χ1) is 11.5. The Morgan fingerprint density at radius 2 is 1.79 bits per heavy atom. The zero-order chi connectivity index (χ0) is 18.0. The van der Waals surface area contributed by atoms with Crippen LogP contribution in [0.5, 0.6) is 11.5 Å². The van der Waals surface area contributed by atoms with Crippen LogP contribution in [0.1, 0.15) is 25.8 Å². The molecular formula is C18H31N3O3. The molecule has 136 valence electrons. The highest BCUT2D eigenvalue weighted by molar-refractivity contribution is 5.79. The number of benzene rings is 1. The van der Waals surface area contributed by atoms with Crippen molar-refractivity contribution in [2.45, 2.75) is 25.7 Å². The van der Waals surface area contributed by atoms with Crippen LogP contribution >= 0.6 is 0 Å². The van der Waals surface area contributed by atoms with E-state index in [2.05, 4.69) is 35.5 Å². The second-order valence-electron chi connectivity index (χ2n) is 6.15. The molecule has 1 aromatic carbocycles. The van der Waals surface area contributed by atoms with Crippen molar-refractivity contribution in [3.63, 3.8) is 0 Å². The van der Waals surface area contributed by atoms with E-state index in [4.69, 9.17) is 14.2 Å². The predicted molar refractivity (Wildman–Crippen MR) is 98.4 cm³/mol. The van der Waals surface area contributed by atoms with Gasteiger partial charge in [-0.25, -0.2) is 0 Å². The van der Waals surface area contributed by atoms with Gasteiger partial charge in [-0.15, -0.1) is 0 Å². The minimum absolute atomic E-state index is 0.0936. The molecule has 1 rings (SSSR count). The topological polar surface area (TPSA) is 64.1 Å². The van der Waals surface area contributed by atoms with Crippen molar-refractivity contribution < 1.29 is 14.2 Å². The summed E-state index contributed by atoms with van der Waals surface area (Å²) in [6, 6.07) is 6.03. The first kappa shape index (κ1) is 20.1. The smallest absolute Gasteiger partial charge is 0.191 e.